The van der Waals surface area contributed by atoms with E-state index in [9.17, 15) is 18.5 Å². The van der Waals surface area contributed by atoms with Gasteiger partial charge in [0, 0.05) is 30.9 Å². The van der Waals surface area contributed by atoms with Crippen molar-refractivity contribution in [1.82, 2.24) is 20.3 Å². The lowest BCUT2D eigenvalue weighted by Gasteiger charge is -2.29. The van der Waals surface area contributed by atoms with Crippen molar-refractivity contribution in [3.8, 4) is 0 Å². The van der Waals surface area contributed by atoms with Gasteiger partial charge in [0.2, 0.25) is 0 Å². The van der Waals surface area contributed by atoms with Crippen molar-refractivity contribution < 1.29 is 18.1 Å². The number of anilines is 2. The third-order valence-electron chi connectivity index (χ3n) is 4.64. The number of H-pyrrole nitrogens is 1. The summed E-state index contributed by atoms with van der Waals surface area (Å²) in [6, 6.07) is 13.7. The van der Waals surface area contributed by atoms with Gasteiger partial charge >= 0.3 is 0 Å². The predicted molar refractivity (Wildman–Crippen MR) is 115 cm³/mol. The van der Waals surface area contributed by atoms with E-state index < -0.39 is 14.9 Å². The van der Waals surface area contributed by atoms with Gasteiger partial charge in [-0.3, -0.25) is 10.1 Å². The van der Waals surface area contributed by atoms with Crippen LogP contribution in [0.2, 0.25) is 0 Å². The van der Waals surface area contributed by atoms with E-state index in [-0.39, 0.29) is 27.9 Å². The quantitative estimate of drug-likeness (QED) is 0.244. The van der Waals surface area contributed by atoms with Crippen LogP contribution >= 0.6 is 0 Å². The zero-order chi connectivity index (χ0) is 22.6. The van der Waals surface area contributed by atoms with E-state index in [1.54, 1.807) is 29.2 Å². The Morgan fingerprint density at radius 2 is 1.88 bits per heavy atom. The maximum atomic E-state index is 13.0. The molecule has 2 heterocycles. The van der Waals surface area contributed by atoms with Crippen LogP contribution in [-0.4, -0.2) is 65.8 Å². The fourth-order valence-electron chi connectivity index (χ4n) is 3.09. The number of ether oxygens (including phenoxy) is 1. The number of nitro benzene ring substituents is 1. The Kier molecular flexibility index (Phi) is 6.09. The molecule has 0 unspecified atom stereocenters. The van der Waals surface area contributed by atoms with Gasteiger partial charge < -0.3 is 15.0 Å². The number of nitrogens with one attached hydrogen (secondary N) is 2. The number of morpholine rings is 1. The van der Waals surface area contributed by atoms with Crippen molar-refractivity contribution in [2.24, 2.45) is 4.40 Å². The summed E-state index contributed by atoms with van der Waals surface area (Å²) in [6.07, 6.45) is 0. The molecule has 12 nitrogen and oxygen atoms in total. The molecule has 0 saturated carbocycles. The molecule has 2 aromatic carbocycles. The molecule has 2 N–H and O–H groups in total. The molecule has 0 aliphatic carbocycles. The van der Waals surface area contributed by atoms with Crippen molar-refractivity contribution in [3.05, 3.63) is 70.4 Å². The Hall–Kier alpha value is -3.84. The molecule has 4 rings (SSSR count). The van der Waals surface area contributed by atoms with Gasteiger partial charge in [0.1, 0.15) is 0 Å². The number of nitro groups is 1. The van der Waals surface area contributed by atoms with Crippen LogP contribution in [-0.2, 0) is 14.8 Å². The molecular weight excluding hydrogens is 438 g/mol. The first-order valence-electron chi connectivity index (χ1n) is 9.59. The Labute approximate surface area is 183 Å². The lowest BCUT2D eigenvalue weighted by molar-refractivity contribution is -0.384. The highest BCUT2D eigenvalue weighted by Crippen LogP contribution is 2.24. The van der Waals surface area contributed by atoms with Crippen molar-refractivity contribution in [3.63, 3.8) is 0 Å². The molecule has 0 radical (unpaired) electrons. The van der Waals surface area contributed by atoms with E-state index in [4.69, 9.17) is 4.74 Å². The van der Waals surface area contributed by atoms with Gasteiger partial charge in [0.25, 0.3) is 15.7 Å². The maximum Gasteiger partial charge on any atom is 0.284 e. The SMILES string of the molecule is O=[N+]([O-])c1cccc(Nc2n[nH]nc2/C(=N\S(=O)(=O)c2ccccc2)N2CCOCC2)c1. The second-order valence-electron chi connectivity index (χ2n) is 6.76. The minimum atomic E-state index is -4.04. The number of rotatable bonds is 6. The number of aromatic amines is 1. The van der Waals surface area contributed by atoms with Crippen LogP contribution in [0.4, 0.5) is 17.2 Å². The van der Waals surface area contributed by atoms with Crippen LogP contribution in [0.25, 0.3) is 0 Å². The van der Waals surface area contributed by atoms with E-state index in [0.717, 1.165) is 0 Å². The normalized spacial score (nSPS) is 14.9. The Bertz CT molecular complexity index is 1240. The highest BCUT2D eigenvalue weighted by molar-refractivity contribution is 7.90. The topological polar surface area (TPSA) is 156 Å². The molecule has 3 aromatic rings. The second-order valence-corrected chi connectivity index (χ2v) is 8.36. The number of benzene rings is 2. The molecule has 1 aliphatic heterocycles. The van der Waals surface area contributed by atoms with Crippen LogP contribution in [0.15, 0.2) is 63.9 Å². The zero-order valence-electron chi connectivity index (χ0n) is 16.7. The molecule has 0 atom stereocenters. The molecule has 0 spiro atoms. The number of non-ortho nitro benzene ring substituents is 1. The molecule has 1 saturated heterocycles. The largest absolute Gasteiger partial charge is 0.378 e. The summed E-state index contributed by atoms with van der Waals surface area (Å²) in [6.45, 7) is 1.62. The van der Waals surface area contributed by atoms with Crippen LogP contribution in [0.1, 0.15) is 5.69 Å². The lowest BCUT2D eigenvalue weighted by Crippen LogP contribution is -2.42. The van der Waals surface area contributed by atoms with Crippen molar-refractivity contribution in [1.29, 1.82) is 0 Å². The molecule has 166 valence electrons. The van der Waals surface area contributed by atoms with E-state index in [2.05, 4.69) is 25.1 Å². The summed E-state index contributed by atoms with van der Waals surface area (Å²) in [4.78, 5) is 12.4. The molecule has 0 bridgehead atoms. The molecule has 13 heteroatoms. The van der Waals surface area contributed by atoms with Gasteiger partial charge in [0.05, 0.1) is 23.0 Å². The monoisotopic (exact) mass is 457 g/mol. The minimum absolute atomic E-state index is 0.0439. The fraction of sp³-hybridized carbons (Fsp3) is 0.211. The third kappa shape index (κ3) is 4.73. The molecule has 1 aliphatic rings. The highest BCUT2D eigenvalue weighted by Gasteiger charge is 2.26. The van der Waals surface area contributed by atoms with Gasteiger partial charge in [-0.05, 0) is 18.2 Å². The maximum absolute atomic E-state index is 13.0. The zero-order valence-corrected chi connectivity index (χ0v) is 17.5. The first-order valence-corrected chi connectivity index (χ1v) is 11.0. The van der Waals surface area contributed by atoms with E-state index in [0.29, 0.717) is 32.0 Å². The van der Waals surface area contributed by atoms with Crippen molar-refractivity contribution >= 4 is 33.1 Å². The summed E-state index contributed by atoms with van der Waals surface area (Å²) in [7, 11) is -4.04. The minimum Gasteiger partial charge on any atom is -0.378 e. The van der Waals surface area contributed by atoms with E-state index in [1.165, 1.54) is 30.3 Å². The number of sulfonamides is 1. The second kappa shape index (κ2) is 9.11. The molecule has 1 aromatic heterocycles. The van der Waals surface area contributed by atoms with E-state index >= 15 is 0 Å². The summed E-state index contributed by atoms with van der Waals surface area (Å²) in [5.41, 5.74) is 0.452. The number of nitrogens with zero attached hydrogens (tertiary/aromatic N) is 5. The van der Waals surface area contributed by atoms with Gasteiger partial charge in [-0.1, -0.05) is 24.3 Å². The summed E-state index contributed by atoms with van der Waals surface area (Å²) >= 11 is 0. The lowest BCUT2D eigenvalue weighted by atomic mass is 10.2. The number of aromatic nitrogens is 3. The standard InChI is InChI=1S/C19H19N7O5S/c27-26(28)15-6-4-5-14(13-15)20-18-17(21-24-22-18)19(25-9-11-31-12-10-25)23-32(29,30)16-7-2-1-3-8-16/h1-8,13H,9-12H2,(H2,20,21,22,24)/b23-19+. The first-order chi connectivity index (χ1) is 15.4. The van der Waals surface area contributed by atoms with Gasteiger partial charge in [-0.15, -0.1) is 9.50 Å². The molecular formula is C19H19N7O5S. The third-order valence-corrected chi connectivity index (χ3v) is 5.92. The predicted octanol–water partition coefficient (Wildman–Crippen LogP) is 1.92. The Morgan fingerprint density at radius 3 is 2.59 bits per heavy atom. The molecule has 32 heavy (non-hydrogen) atoms. The van der Waals surface area contributed by atoms with Gasteiger partial charge in [-0.2, -0.15) is 18.7 Å². The van der Waals surface area contributed by atoms with Crippen LogP contribution in [0.5, 0.6) is 0 Å². The summed E-state index contributed by atoms with van der Waals surface area (Å²) in [5.74, 6) is 0.276. The van der Waals surface area contributed by atoms with Gasteiger partial charge in [-0.25, -0.2) is 0 Å². The summed E-state index contributed by atoms with van der Waals surface area (Å²) in [5, 5.41) is 24.7. The van der Waals surface area contributed by atoms with Gasteiger partial charge in [0.15, 0.2) is 17.3 Å². The van der Waals surface area contributed by atoms with Crippen molar-refractivity contribution in [2.45, 2.75) is 4.90 Å². The first kappa shape index (κ1) is 21.4. The fourth-order valence-corrected chi connectivity index (χ4v) is 4.13. The van der Waals surface area contributed by atoms with Crippen molar-refractivity contribution in [2.75, 3.05) is 31.6 Å². The Morgan fingerprint density at radius 1 is 1.12 bits per heavy atom. The number of hydrogen-bond donors (Lipinski definition) is 2. The van der Waals surface area contributed by atoms with Crippen LogP contribution < -0.4 is 5.32 Å². The average Bonchev–Trinajstić information content (AvgIpc) is 3.26. The number of hydrogen-bond acceptors (Lipinski definition) is 8. The number of amidine groups is 1. The van der Waals surface area contributed by atoms with Crippen LogP contribution in [0, 0.1) is 10.1 Å². The molecule has 1 fully saturated rings. The average molecular weight is 457 g/mol. The smallest absolute Gasteiger partial charge is 0.284 e. The molecule has 0 amide bonds. The summed E-state index contributed by atoms with van der Waals surface area (Å²) < 4.78 is 35.4. The van der Waals surface area contributed by atoms with Crippen LogP contribution in [0.3, 0.4) is 0 Å². The van der Waals surface area contributed by atoms with E-state index in [1.807, 2.05) is 0 Å². The Balaban J connectivity index is 1.74. The highest BCUT2D eigenvalue weighted by atomic mass is 32.2.